The van der Waals surface area contributed by atoms with Gasteiger partial charge in [-0.05, 0) is 92.7 Å². The van der Waals surface area contributed by atoms with E-state index in [1.54, 1.807) is 54.6 Å². The molecule has 0 spiro atoms. The lowest BCUT2D eigenvalue weighted by atomic mass is 9.86. The first-order valence-corrected chi connectivity index (χ1v) is 40.2. The van der Waals surface area contributed by atoms with E-state index in [0.29, 0.717) is 11.1 Å². The van der Waals surface area contributed by atoms with Crippen molar-refractivity contribution in [2.75, 3.05) is 50.8 Å². The highest BCUT2D eigenvalue weighted by Gasteiger charge is 2.46. The molecule has 628 valence electrons. The molecule has 5 aliphatic rings. The van der Waals surface area contributed by atoms with Gasteiger partial charge in [0.05, 0.1) is 19.6 Å². The molecule has 0 saturated carbocycles. The molecule has 5 aliphatic heterocycles. The maximum Gasteiger partial charge on any atom is 0.305 e. The van der Waals surface area contributed by atoms with Crippen molar-refractivity contribution < 1.29 is 107 Å². The van der Waals surface area contributed by atoms with Crippen LogP contribution in [-0.4, -0.2) is 277 Å². The van der Waals surface area contributed by atoms with Crippen LogP contribution < -0.4 is 75.3 Å². The molecule has 5 heterocycles. The first kappa shape index (κ1) is 91.0. The number of rotatable bonds is 20. The summed E-state index contributed by atoms with van der Waals surface area (Å²) >= 11 is 0. The molecule has 115 heavy (non-hydrogen) atoms. The van der Waals surface area contributed by atoms with Gasteiger partial charge in [-0.3, -0.25) is 91.7 Å². The number of hydrogen-bond acceptors (Lipinski definition) is 22. The minimum atomic E-state index is -1.97. The Bertz CT molecular complexity index is 3950. The number of carbonyl (C=O) groups excluding carboxylic acids is 15. The van der Waals surface area contributed by atoms with Crippen LogP contribution in [0.5, 0.6) is 0 Å². The van der Waals surface area contributed by atoms with Crippen LogP contribution >= 0.6 is 21.6 Å². The molecule has 13 atom stereocenters. The standard InChI is InChI=1S/C73H102N18O22S2/c1-73(2,3)40-19-17-39(18-20-40)31-45-63(105)86-48(35-92)64(106)82-44(23-26-57(97)98)69(111)91-30-10-16-53(91)71(113)90-29-9-15-52(90)67(109)81-43(22-25-56(95)96)62(104)88-50-37-115-114-36-49(65(107)80-42(61(103)83-45)21-24-54(74)93)87-60(102)41(13-7-27-77-72(75)76)79-55(94)34-78-59(101)46(33-58(99)100)84-68(110)51-14-8-28-89(51)70(112)47(85-66(50)108)32-38-11-5-4-6-12-38/h4-6,11-12,17-20,41-53,92H,7-10,13-16,21-37H2,1-3H3,(H2,74,93)(H,78,101)(H,79,94)(H,80,107)(H,81,109)(H,82,106)(H,83,103)(H,84,110)(H,85,108)(H,86,105)(H,87,102)(H,88,104)(H,95,96)(H,97,98)(H,99,100)(H4,75,76,77)/t41-,42-,43-,44-,45-,46-,47-,48-,49-,50-,51-,52-,53-/m0/s1. The van der Waals surface area contributed by atoms with Crippen LogP contribution in [0.4, 0.5) is 0 Å². The van der Waals surface area contributed by atoms with Gasteiger partial charge in [0.2, 0.25) is 88.6 Å². The van der Waals surface area contributed by atoms with E-state index >= 15 is 24.0 Å². The van der Waals surface area contributed by atoms with E-state index in [1.165, 1.54) is 0 Å². The Morgan fingerprint density at radius 2 is 0.896 bits per heavy atom. The molecule has 5 fully saturated rings. The third-order valence-corrected chi connectivity index (χ3v) is 22.3. The number of amides is 15. The lowest BCUT2D eigenvalue weighted by Gasteiger charge is -2.33. The number of guanidine groups is 1. The van der Waals surface area contributed by atoms with Crippen molar-refractivity contribution in [3.63, 3.8) is 0 Å². The highest BCUT2D eigenvalue weighted by Crippen LogP contribution is 2.29. The number of carboxylic acids is 3. The SMILES string of the molecule is CC(C)(C)c1ccc(C[C@@H]2NC(=O)[C@H](CCC(N)=O)NC(=O)[C@@H]3CSSC[C@H](NC(=O)[C@H](CCC(=O)O)NC(=O)[C@@H]4CCCN4C(=O)[C@@H]4CCCN4C(=O)[C@H](CCC(=O)O)NC(=O)[C@H](CO)NC2=O)C(=O)N[C@@H](Cc2ccccc2)C(=O)N2CCC[C@H]2C(=O)N[C@@H](CC(=O)O)C(=O)NCC(=O)N[C@@H](CCCNC(=N)N)C(=O)N3)cc1. The smallest absolute Gasteiger partial charge is 0.305 e. The molecule has 2 aromatic rings. The minimum absolute atomic E-state index is 0.00872. The van der Waals surface area contributed by atoms with Gasteiger partial charge < -0.3 is 110 Å². The largest absolute Gasteiger partial charge is 0.481 e. The summed E-state index contributed by atoms with van der Waals surface area (Å²) in [6, 6.07) is -7.36. The lowest BCUT2D eigenvalue weighted by Crippen LogP contribution is -2.61. The summed E-state index contributed by atoms with van der Waals surface area (Å²) < 4.78 is 0. The first-order valence-electron chi connectivity index (χ1n) is 37.7. The average molecular weight is 1650 g/mol. The van der Waals surface area contributed by atoms with Crippen molar-refractivity contribution in [1.29, 1.82) is 5.41 Å². The Kier molecular flexibility index (Phi) is 34.3. The second-order valence-electron chi connectivity index (χ2n) is 29.5. The van der Waals surface area contributed by atoms with E-state index in [1.807, 2.05) is 20.8 Å². The summed E-state index contributed by atoms with van der Waals surface area (Å²) in [5.74, 6) is -22.4. The molecule has 21 N–H and O–H groups in total. The molecule has 0 unspecified atom stereocenters. The van der Waals surface area contributed by atoms with Crippen LogP contribution in [0.3, 0.4) is 0 Å². The Balaban J connectivity index is 1.39. The Hall–Kier alpha value is -11.2. The molecular weight excluding hydrogens is 1550 g/mol. The van der Waals surface area contributed by atoms with Crippen molar-refractivity contribution in [2.24, 2.45) is 11.5 Å². The molecule has 42 heteroatoms. The summed E-state index contributed by atoms with van der Waals surface area (Å²) in [7, 11) is 1.48. The van der Waals surface area contributed by atoms with E-state index in [-0.39, 0.29) is 89.4 Å². The van der Waals surface area contributed by atoms with Crippen LogP contribution in [0.15, 0.2) is 54.6 Å². The Labute approximate surface area is 669 Å². The number of aliphatic hydroxyl groups is 1. The summed E-state index contributed by atoms with van der Waals surface area (Å²) in [6.45, 7) is 3.22. The monoisotopic (exact) mass is 1650 g/mol. The van der Waals surface area contributed by atoms with Gasteiger partial charge in [-0.15, -0.1) is 0 Å². The van der Waals surface area contributed by atoms with Gasteiger partial charge in [0, 0.05) is 69.8 Å². The van der Waals surface area contributed by atoms with E-state index in [9.17, 15) is 82.8 Å². The predicted molar refractivity (Wildman–Crippen MR) is 411 cm³/mol. The number of nitrogens with two attached hydrogens (primary N) is 2. The third kappa shape index (κ3) is 27.5. The second kappa shape index (κ2) is 43.4. The number of carboxylic acid groups (broad SMARTS) is 3. The number of primary amides is 1. The van der Waals surface area contributed by atoms with Crippen LogP contribution in [0.1, 0.15) is 134 Å². The van der Waals surface area contributed by atoms with E-state index in [2.05, 4.69) is 63.8 Å². The quantitative estimate of drug-likeness (QED) is 0.0255. The number of aliphatic carboxylic acids is 3. The summed E-state index contributed by atoms with van der Waals surface area (Å²) in [5.41, 5.74) is 12.5. The number of nitrogens with one attached hydrogen (secondary N) is 13. The zero-order valence-corrected chi connectivity index (χ0v) is 65.5. The predicted octanol–water partition coefficient (Wildman–Crippen LogP) is -5.16. The molecule has 40 nitrogen and oxygen atoms in total. The zero-order chi connectivity index (χ0) is 84.4. The normalized spacial score (nSPS) is 26.2. The topological polar surface area (TPSA) is 618 Å². The Morgan fingerprint density at radius 1 is 0.470 bits per heavy atom. The molecule has 2 bridgehead atoms. The molecule has 0 aliphatic carbocycles. The van der Waals surface area contributed by atoms with Crippen LogP contribution in [0.2, 0.25) is 0 Å². The zero-order valence-electron chi connectivity index (χ0n) is 63.8. The minimum Gasteiger partial charge on any atom is -0.481 e. The molecule has 2 aromatic carbocycles. The van der Waals surface area contributed by atoms with Crippen LogP contribution in [-0.2, 0) is 105 Å². The van der Waals surface area contributed by atoms with Gasteiger partial charge in [0.25, 0.3) is 0 Å². The van der Waals surface area contributed by atoms with E-state index in [4.69, 9.17) is 16.9 Å². The number of aliphatic hydroxyl groups excluding tert-OH is 1. The first-order chi connectivity index (χ1) is 54.5. The van der Waals surface area contributed by atoms with Crippen molar-refractivity contribution >= 4 is 134 Å². The lowest BCUT2D eigenvalue weighted by molar-refractivity contribution is -0.148. The summed E-state index contributed by atoms with van der Waals surface area (Å²) in [5, 5.41) is 78.1. The molecule has 0 aromatic heterocycles. The van der Waals surface area contributed by atoms with Crippen molar-refractivity contribution in [2.45, 2.75) is 214 Å². The number of benzene rings is 2. The van der Waals surface area contributed by atoms with Crippen molar-refractivity contribution in [3.8, 4) is 0 Å². The molecule has 0 radical (unpaired) electrons. The van der Waals surface area contributed by atoms with Gasteiger partial charge >= 0.3 is 17.9 Å². The number of nitrogens with zero attached hydrogens (tertiary/aromatic N) is 3. The fourth-order valence-corrected chi connectivity index (χ4v) is 16.0. The van der Waals surface area contributed by atoms with Gasteiger partial charge in [-0.25, -0.2) is 0 Å². The maximum absolute atomic E-state index is 15.4. The highest BCUT2D eigenvalue weighted by molar-refractivity contribution is 8.76. The maximum atomic E-state index is 15.4. The number of fused-ring (bicyclic) bond motifs is 8. The average Bonchev–Trinajstić information content (AvgIpc) is 1.69. The number of carbonyl (C=O) groups is 18. The van der Waals surface area contributed by atoms with Crippen molar-refractivity contribution in [1.82, 2.24) is 78.5 Å². The summed E-state index contributed by atoms with van der Waals surface area (Å²) in [6.07, 6.45) is -5.74. The third-order valence-electron chi connectivity index (χ3n) is 19.8. The van der Waals surface area contributed by atoms with Gasteiger partial charge in [-0.2, -0.15) is 0 Å². The fraction of sp³-hybridized carbons (Fsp3) is 0.575. The van der Waals surface area contributed by atoms with E-state index in [0.717, 1.165) is 41.9 Å². The fourth-order valence-electron chi connectivity index (χ4n) is 13.7. The molecule has 15 amide bonds. The van der Waals surface area contributed by atoms with E-state index < -0.39 is 267 Å². The summed E-state index contributed by atoms with van der Waals surface area (Å²) in [4.78, 5) is 260. The van der Waals surface area contributed by atoms with Gasteiger partial charge in [0.15, 0.2) is 5.96 Å². The Morgan fingerprint density at radius 3 is 1.43 bits per heavy atom. The van der Waals surface area contributed by atoms with Gasteiger partial charge in [0.1, 0.15) is 78.5 Å². The highest BCUT2D eigenvalue weighted by atomic mass is 33.1. The molecule has 7 rings (SSSR count). The second-order valence-corrected chi connectivity index (χ2v) is 32.1. The molecule has 5 saturated heterocycles. The van der Waals surface area contributed by atoms with Crippen molar-refractivity contribution in [3.05, 3.63) is 71.3 Å². The number of hydrogen-bond donors (Lipinski definition) is 19. The van der Waals surface area contributed by atoms with Crippen LogP contribution in [0, 0.1) is 5.41 Å². The molecular formula is C73H102N18O22S2. The van der Waals surface area contributed by atoms with Gasteiger partial charge in [-0.1, -0.05) is 97.0 Å². The van der Waals surface area contributed by atoms with Crippen LogP contribution in [0.25, 0.3) is 0 Å².